The molecular weight excluding hydrogens is 562 g/mol. The first kappa shape index (κ1) is 28.7. The molecule has 2 bridgehead atoms. The molecular formula is C31H30F2N4O6. The SMILES string of the molecule is C[C@H]1C=C[C@]2(CC(CO)N(Cc3ccc(F)cc3F)O2)[C@H]2CN1C(=O)c1c(OCc3ccccc3)c(=O)c(C(N)=O)cn12. The van der Waals surface area contributed by atoms with Gasteiger partial charge in [-0.25, -0.2) is 8.78 Å². The van der Waals surface area contributed by atoms with Crippen LogP contribution in [0.5, 0.6) is 5.75 Å². The Morgan fingerprint density at radius 2 is 1.95 bits per heavy atom. The van der Waals surface area contributed by atoms with E-state index in [4.69, 9.17) is 15.3 Å². The number of aromatic nitrogens is 1. The van der Waals surface area contributed by atoms with Gasteiger partial charge >= 0.3 is 0 Å². The number of halogens is 2. The molecule has 2 aromatic carbocycles. The second-order valence-corrected chi connectivity index (χ2v) is 11.1. The minimum atomic E-state index is -1.19. The molecule has 0 saturated carbocycles. The molecule has 1 saturated heterocycles. The topological polar surface area (TPSA) is 127 Å². The summed E-state index contributed by atoms with van der Waals surface area (Å²) in [6.45, 7) is 1.49. The number of amides is 2. The number of ether oxygens (including phenoxy) is 1. The number of hydrogen-bond donors (Lipinski definition) is 2. The molecule has 1 aromatic heterocycles. The fourth-order valence-corrected chi connectivity index (χ4v) is 6.08. The zero-order valence-electron chi connectivity index (χ0n) is 23.3. The highest BCUT2D eigenvalue weighted by Crippen LogP contribution is 2.46. The first-order valence-electron chi connectivity index (χ1n) is 13.9. The van der Waals surface area contributed by atoms with Crippen molar-refractivity contribution >= 4 is 11.8 Å². The molecule has 3 aliphatic rings. The van der Waals surface area contributed by atoms with E-state index < -0.39 is 52.6 Å². The first-order valence-corrected chi connectivity index (χ1v) is 13.9. The quantitative estimate of drug-likeness (QED) is 0.404. The van der Waals surface area contributed by atoms with Crippen molar-refractivity contribution in [1.82, 2.24) is 14.5 Å². The second-order valence-electron chi connectivity index (χ2n) is 11.1. The molecule has 6 rings (SSSR count). The Kier molecular flexibility index (Phi) is 7.36. The molecule has 3 aromatic rings. The Hall–Kier alpha value is -4.39. The van der Waals surface area contributed by atoms with Gasteiger partial charge in [0.05, 0.1) is 25.2 Å². The molecule has 3 aliphatic heterocycles. The molecule has 224 valence electrons. The minimum absolute atomic E-state index is 0.0394. The minimum Gasteiger partial charge on any atom is -0.483 e. The lowest BCUT2D eigenvalue weighted by Gasteiger charge is -2.42. The number of carbonyl (C=O) groups is 2. The van der Waals surface area contributed by atoms with E-state index in [1.165, 1.54) is 21.9 Å². The highest BCUT2D eigenvalue weighted by atomic mass is 19.1. The van der Waals surface area contributed by atoms with Crippen LogP contribution in [0.1, 0.15) is 51.4 Å². The van der Waals surface area contributed by atoms with Crippen molar-refractivity contribution in [3.05, 3.63) is 111 Å². The number of nitrogens with zero attached hydrogens (tertiary/aromatic N) is 3. The molecule has 1 fully saturated rings. The van der Waals surface area contributed by atoms with Gasteiger partial charge in [0.25, 0.3) is 11.8 Å². The lowest BCUT2D eigenvalue weighted by Crippen LogP contribution is -2.53. The van der Waals surface area contributed by atoms with Gasteiger partial charge in [0, 0.05) is 36.8 Å². The molecule has 4 atom stereocenters. The van der Waals surface area contributed by atoms with Gasteiger partial charge in [-0.15, -0.1) is 0 Å². The number of benzene rings is 2. The van der Waals surface area contributed by atoms with Crippen molar-refractivity contribution in [2.24, 2.45) is 5.73 Å². The maximum atomic E-state index is 14.6. The molecule has 12 heteroatoms. The number of nitrogens with two attached hydrogens (primary N) is 1. The monoisotopic (exact) mass is 592 g/mol. The van der Waals surface area contributed by atoms with Gasteiger partial charge in [-0.3, -0.25) is 19.2 Å². The van der Waals surface area contributed by atoms with Crippen molar-refractivity contribution in [2.75, 3.05) is 13.2 Å². The van der Waals surface area contributed by atoms with E-state index in [1.54, 1.807) is 29.2 Å². The summed E-state index contributed by atoms with van der Waals surface area (Å²) in [4.78, 5) is 48.0. The van der Waals surface area contributed by atoms with Gasteiger partial charge < -0.3 is 25.0 Å². The number of pyridine rings is 1. The molecule has 1 unspecified atom stereocenters. The number of hydrogen-bond acceptors (Lipinski definition) is 7. The normalized spacial score (nSPS) is 24.7. The number of aliphatic hydroxyl groups is 1. The average Bonchev–Trinajstić information content (AvgIpc) is 3.29. The summed E-state index contributed by atoms with van der Waals surface area (Å²) in [7, 11) is 0. The van der Waals surface area contributed by atoms with Crippen LogP contribution < -0.4 is 15.9 Å². The summed E-state index contributed by atoms with van der Waals surface area (Å²) >= 11 is 0. The van der Waals surface area contributed by atoms with Crippen LogP contribution in [0.4, 0.5) is 8.78 Å². The van der Waals surface area contributed by atoms with Crippen LogP contribution in [-0.2, 0) is 18.0 Å². The number of fused-ring (bicyclic) bond motifs is 5. The zero-order chi connectivity index (χ0) is 30.5. The smallest absolute Gasteiger partial charge is 0.275 e. The zero-order valence-corrected chi connectivity index (χ0v) is 23.3. The first-order chi connectivity index (χ1) is 20.6. The number of aliphatic hydroxyl groups excluding tert-OH is 1. The van der Waals surface area contributed by atoms with E-state index in [-0.39, 0.29) is 55.3 Å². The summed E-state index contributed by atoms with van der Waals surface area (Å²) in [5.74, 6) is -3.22. The molecule has 0 radical (unpaired) electrons. The molecule has 0 aliphatic carbocycles. The van der Waals surface area contributed by atoms with Crippen molar-refractivity contribution in [3.8, 4) is 5.75 Å². The van der Waals surface area contributed by atoms with Crippen LogP contribution in [0.25, 0.3) is 0 Å². The number of rotatable bonds is 7. The lowest BCUT2D eigenvalue weighted by molar-refractivity contribution is -0.212. The van der Waals surface area contributed by atoms with Gasteiger partial charge in [-0.05, 0) is 18.6 Å². The average molecular weight is 593 g/mol. The molecule has 10 nitrogen and oxygen atoms in total. The van der Waals surface area contributed by atoms with Crippen molar-refractivity contribution in [2.45, 2.75) is 50.2 Å². The molecule has 43 heavy (non-hydrogen) atoms. The van der Waals surface area contributed by atoms with E-state index in [2.05, 4.69) is 0 Å². The van der Waals surface area contributed by atoms with Crippen LogP contribution in [0.3, 0.4) is 0 Å². The Morgan fingerprint density at radius 3 is 2.65 bits per heavy atom. The van der Waals surface area contributed by atoms with Crippen LogP contribution in [0.15, 0.2) is 71.7 Å². The highest BCUT2D eigenvalue weighted by Gasteiger charge is 2.55. The highest BCUT2D eigenvalue weighted by molar-refractivity contribution is 5.99. The predicted molar refractivity (Wildman–Crippen MR) is 150 cm³/mol. The number of hydroxylamine groups is 2. The Bertz CT molecular complexity index is 1680. The Balaban J connectivity index is 1.46. The number of primary amides is 1. The van der Waals surface area contributed by atoms with Gasteiger partial charge in [0.1, 0.15) is 29.4 Å². The third-order valence-electron chi connectivity index (χ3n) is 8.37. The van der Waals surface area contributed by atoms with Crippen molar-refractivity contribution in [3.63, 3.8) is 0 Å². The summed E-state index contributed by atoms with van der Waals surface area (Å²) in [5.41, 5.74) is 4.12. The van der Waals surface area contributed by atoms with E-state index in [1.807, 2.05) is 25.1 Å². The van der Waals surface area contributed by atoms with E-state index >= 15 is 0 Å². The maximum absolute atomic E-state index is 14.6. The summed E-state index contributed by atoms with van der Waals surface area (Å²) in [6, 6.07) is 10.6. The Morgan fingerprint density at radius 1 is 1.19 bits per heavy atom. The summed E-state index contributed by atoms with van der Waals surface area (Å²) in [5, 5.41) is 11.8. The fourth-order valence-electron chi connectivity index (χ4n) is 6.08. The lowest BCUT2D eigenvalue weighted by atomic mass is 9.86. The van der Waals surface area contributed by atoms with Crippen LogP contribution in [0, 0.1) is 11.6 Å². The molecule has 3 N–H and O–H groups in total. The van der Waals surface area contributed by atoms with Crippen molar-refractivity contribution in [1.29, 1.82) is 0 Å². The van der Waals surface area contributed by atoms with Gasteiger partial charge in [-0.2, -0.15) is 5.06 Å². The van der Waals surface area contributed by atoms with Crippen LogP contribution in [0.2, 0.25) is 0 Å². The third kappa shape index (κ3) is 5.01. The van der Waals surface area contributed by atoms with E-state index in [9.17, 15) is 28.3 Å². The van der Waals surface area contributed by atoms with E-state index in [0.29, 0.717) is 0 Å². The number of carbonyl (C=O) groups excluding carboxylic acids is 2. The van der Waals surface area contributed by atoms with Gasteiger partial charge in [-0.1, -0.05) is 48.6 Å². The summed E-state index contributed by atoms with van der Waals surface area (Å²) in [6.07, 6.45) is 5.10. The van der Waals surface area contributed by atoms with Crippen LogP contribution in [-0.4, -0.2) is 62.3 Å². The van der Waals surface area contributed by atoms with Crippen molar-refractivity contribution < 1.29 is 33.1 Å². The molecule has 2 amide bonds. The molecule has 1 spiro atoms. The largest absolute Gasteiger partial charge is 0.483 e. The van der Waals surface area contributed by atoms with E-state index in [0.717, 1.165) is 17.7 Å². The predicted octanol–water partition coefficient (Wildman–Crippen LogP) is 2.70. The third-order valence-corrected chi connectivity index (χ3v) is 8.37. The Labute approximate surface area is 245 Å². The fraction of sp³-hybridized carbons (Fsp3) is 0.323. The standard InChI is InChI=1S/C31H30F2N4O6/c1-18-9-10-31(12-22(16-38)37(43-31)13-20-7-8-21(32)11-24(20)33)25-15-35(18)30(41)26-28(42-17-19-5-3-2-4-6-19)27(39)23(29(34)40)14-36(25)26/h2-11,14,18,22,25,38H,12-13,15-17H2,1H3,(H2,34,40)/t18-,22?,25+,31-/m0/s1. The summed E-state index contributed by atoms with van der Waals surface area (Å²) < 4.78 is 35.6. The van der Waals surface area contributed by atoms with Crippen LogP contribution >= 0.6 is 0 Å². The molecule has 4 heterocycles. The maximum Gasteiger partial charge on any atom is 0.275 e. The van der Waals surface area contributed by atoms with Gasteiger partial charge in [0.15, 0.2) is 11.4 Å². The second kappa shape index (κ2) is 11.0. The van der Waals surface area contributed by atoms with Gasteiger partial charge in [0.2, 0.25) is 5.43 Å².